The molecule has 0 aliphatic heterocycles. The summed E-state index contributed by atoms with van der Waals surface area (Å²) in [6, 6.07) is 18.8. The number of nitrogens with zero attached hydrogens (tertiary/aromatic N) is 5. The van der Waals surface area contributed by atoms with Crippen LogP contribution in [-0.2, 0) is 7.05 Å². The minimum absolute atomic E-state index is 0.0360. The Labute approximate surface area is 146 Å². The molecule has 5 nitrogen and oxygen atoms in total. The van der Waals surface area contributed by atoms with E-state index >= 15 is 0 Å². The van der Waals surface area contributed by atoms with Gasteiger partial charge >= 0.3 is 0 Å². The molecular formula is C20H19N5. The Balaban J connectivity index is 1.83. The minimum atomic E-state index is 0.0360. The van der Waals surface area contributed by atoms with Crippen molar-refractivity contribution in [1.29, 1.82) is 0 Å². The molecule has 0 aliphatic carbocycles. The zero-order chi connectivity index (χ0) is 17.2. The summed E-state index contributed by atoms with van der Waals surface area (Å²) in [5, 5.41) is 8.25. The summed E-state index contributed by atoms with van der Waals surface area (Å²) in [7, 11) is 1.96. The minimum Gasteiger partial charge on any atom is -0.321 e. The highest BCUT2D eigenvalue weighted by Crippen LogP contribution is 2.32. The molecule has 2 aromatic carbocycles. The summed E-state index contributed by atoms with van der Waals surface area (Å²) in [4.78, 5) is 4.64. The lowest BCUT2D eigenvalue weighted by Gasteiger charge is -2.17. The molecule has 124 valence electrons. The molecule has 2 heterocycles. The van der Waals surface area contributed by atoms with E-state index in [0.717, 1.165) is 17.2 Å². The maximum absolute atomic E-state index is 4.64. The molecule has 4 rings (SSSR count). The molecule has 4 aromatic rings. The number of aryl methyl sites for hydroxylation is 1. The fraction of sp³-hybridized carbons (Fsp3) is 0.150. The number of imidazole rings is 1. The van der Waals surface area contributed by atoms with Gasteiger partial charge in [-0.1, -0.05) is 54.6 Å². The maximum Gasteiger partial charge on any atom is 0.155 e. The largest absolute Gasteiger partial charge is 0.321 e. The standard InChI is InChI=1S/C20H19N5/c1-15(19-23-22-14-24(19)2)25-13-12-21-20(25)18-11-7-6-10-17(18)16-8-4-3-5-9-16/h3-15H,1-2H3/t15-/m1/s1. The number of hydrogen-bond donors (Lipinski definition) is 0. The van der Waals surface area contributed by atoms with E-state index in [4.69, 9.17) is 0 Å². The molecule has 0 saturated heterocycles. The van der Waals surface area contributed by atoms with Crippen molar-refractivity contribution in [1.82, 2.24) is 24.3 Å². The molecule has 0 unspecified atom stereocenters. The number of rotatable bonds is 4. The van der Waals surface area contributed by atoms with Gasteiger partial charge in [-0.25, -0.2) is 4.98 Å². The van der Waals surface area contributed by atoms with Gasteiger partial charge in [-0.3, -0.25) is 0 Å². The van der Waals surface area contributed by atoms with Gasteiger partial charge in [0.2, 0.25) is 0 Å². The SMILES string of the molecule is C[C@H](c1nncn1C)n1ccnc1-c1ccccc1-c1ccccc1. The smallest absolute Gasteiger partial charge is 0.155 e. The van der Waals surface area contributed by atoms with E-state index in [1.807, 2.05) is 36.1 Å². The first-order chi connectivity index (χ1) is 12.3. The first kappa shape index (κ1) is 15.3. The van der Waals surface area contributed by atoms with Crippen molar-refractivity contribution in [3.63, 3.8) is 0 Å². The van der Waals surface area contributed by atoms with Gasteiger partial charge < -0.3 is 9.13 Å². The van der Waals surface area contributed by atoms with Crippen molar-refractivity contribution in [3.05, 3.63) is 79.1 Å². The highest BCUT2D eigenvalue weighted by atomic mass is 15.3. The lowest BCUT2D eigenvalue weighted by Crippen LogP contribution is -2.12. The van der Waals surface area contributed by atoms with Crippen LogP contribution < -0.4 is 0 Å². The lowest BCUT2D eigenvalue weighted by molar-refractivity contribution is 0.579. The van der Waals surface area contributed by atoms with Crippen molar-refractivity contribution in [3.8, 4) is 22.5 Å². The molecule has 0 amide bonds. The van der Waals surface area contributed by atoms with Crippen LogP contribution in [0.4, 0.5) is 0 Å². The predicted octanol–water partition coefficient (Wildman–Crippen LogP) is 3.95. The molecule has 25 heavy (non-hydrogen) atoms. The third-order valence-corrected chi connectivity index (χ3v) is 4.46. The molecule has 0 bridgehead atoms. The highest BCUT2D eigenvalue weighted by Gasteiger charge is 2.19. The Morgan fingerprint density at radius 2 is 1.64 bits per heavy atom. The number of hydrogen-bond acceptors (Lipinski definition) is 3. The van der Waals surface area contributed by atoms with Crippen LogP contribution in [0.5, 0.6) is 0 Å². The van der Waals surface area contributed by atoms with Crippen molar-refractivity contribution in [2.45, 2.75) is 13.0 Å². The highest BCUT2D eigenvalue weighted by molar-refractivity contribution is 5.80. The molecule has 0 aliphatic rings. The summed E-state index contributed by atoms with van der Waals surface area (Å²) in [6.45, 7) is 2.11. The Hall–Kier alpha value is -3.21. The molecule has 0 saturated carbocycles. The van der Waals surface area contributed by atoms with Crippen molar-refractivity contribution in [2.24, 2.45) is 7.05 Å². The van der Waals surface area contributed by atoms with Crippen LogP contribution in [0, 0.1) is 0 Å². The summed E-state index contributed by atoms with van der Waals surface area (Å²) >= 11 is 0. The van der Waals surface area contributed by atoms with Gasteiger partial charge in [0.1, 0.15) is 12.2 Å². The van der Waals surface area contributed by atoms with E-state index in [2.05, 4.69) is 69.1 Å². The van der Waals surface area contributed by atoms with Crippen LogP contribution in [0.2, 0.25) is 0 Å². The van der Waals surface area contributed by atoms with Gasteiger partial charge in [-0.15, -0.1) is 10.2 Å². The molecular weight excluding hydrogens is 310 g/mol. The Morgan fingerprint density at radius 3 is 2.36 bits per heavy atom. The summed E-state index contributed by atoms with van der Waals surface area (Å²) < 4.78 is 4.09. The fourth-order valence-electron chi connectivity index (χ4n) is 3.18. The lowest BCUT2D eigenvalue weighted by atomic mass is 9.99. The van der Waals surface area contributed by atoms with E-state index < -0.39 is 0 Å². The maximum atomic E-state index is 4.64. The second kappa shape index (κ2) is 6.36. The topological polar surface area (TPSA) is 48.5 Å². The Bertz CT molecular complexity index is 984. The first-order valence-electron chi connectivity index (χ1n) is 8.27. The first-order valence-corrected chi connectivity index (χ1v) is 8.27. The normalized spacial score (nSPS) is 12.2. The van der Waals surface area contributed by atoms with Crippen LogP contribution >= 0.6 is 0 Å². The predicted molar refractivity (Wildman–Crippen MR) is 97.9 cm³/mol. The van der Waals surface area contributed by atoms with Gasteiger partial charge in [0, 0.05) is 25.0 Å². The van der Waals surface area contributed by atoms with Crippen molar-refractivity contribution < 1.29 is 0 Å². The Kier molecular flexibility index (Phi) is 3.90. The van der Waals surface area contributed by atoms with E-state index in [9.17, 15) is 0 Å². The monoisotopic (exact) mass is 329 g/mol. The van der Waals surface area contributed by atoms with Crippen LogP contribution in [0.3, 0.4) is 0 Å². The average Bonchev–Trinajstić information content (AvgIpc) is 3.31. The van der Waals surface area contributed by atoms with E-state index in [-0.39, 0.29) is 6.04 Å². The van der Waals surface area contributed by atoms with Gasteiger partial charge in [-0.2, -0.15) is 0 Å². The van der Waals surface area contributed by atoms with E-state index in [0.29, 0.717) is 0 Å². The van der Waals surface area contributed by atoms with Gasteiger partial charge in [0.05, 0.1) is 6.04 Å². The Morgan fingerprint density at radius 1 is 0.920 bits per heavy atom. The third kappa shape index (κ3) is 2.74. The zero-order valence-corrected chi connectivity index (χ0v) is 14.2. The van der Waals surface area contributed by atoms with Gasteiger partial charge in [0.15, 0.2) is 5.82 Å². The van der Waals surface area contributed by atoms with Gasteiger partial charge in [0.25, 0.3) is 0 Å². The number of aromatic nitrogens is 5. The van der Waals surface area contributed by atoms with Crippen LogP contribution in [-0.4, -0.2) is 24.3 Å². The average molecular weight is 329 g/mol. The zero-order valence-electron chi connectivity index (χ0n) is 14.2. The number of benzene rings is 2. The second-order valence-electron chi connectivity index (χ2n) is 6.05. The quantitative estimate of drug-likeness (QED) is 0.569. The molecule has 1 atom stereocenters. The van der Waals surface area contributed by atoms with E-state index in [1.54, 1.807) is 6.33 Å². The van der Waals surface area contributed by atoms with Crippen molar-refractivity contribution >= 4 is 0 Å². The van der Waals surface area contributed by atoms with E-state index in [1.165, 1.54) is 11.1 Å². The molecule has 5 heteroatoms. The molecule has 0 fully saturated rings. The second-order valence-corrected chi connectivity index (χ2v) is 6.05. The summed E-state index contributed by atoms with van der Waals surface area (Å²) in [6.07, 6.45) is 5.56. The molecule has 0 spiro atoms. The molecule has 2 aromatic heterocycles. The van der Waals surface area contributed by atoms with Gasteiger partial charge in [-0.05, 0) is 18.1 Å². The van der Waals surface area contributed by atoms with Crippen LogP contribution in [0.15, 0.2) is 73.3 Å². The van der Waals surface area contributed by atoms with Crippen LogP contribution in [0.1, 0.15) is 18.8 Å². The third-order valence-electron chi connectivity index (χ3n) is 4.46. The summed E-state index contributed by atoms with van der Waals surface area (Å²) in [5.41, 5.74) is 3.45. The van der Waals surface area contributed by atoms with Crippen molar-refractivity contribution in [2.75, 3.05) is 0 Å². The molecule has 0 N–H and O–H groups in total. The van der Waals surface area contributed by atoms with Crippen LogP contribution in [0.25, 0.3) is 22.5 Å². The molecule has 0 radical (unpaired) electrons. The fourth-order valence-corrected chi connectivity index (χ4v) is 3.18. The summed E-state index contributed by atoms with van der Waals surface area (Å²) in [5.74, 6) is 1.83.